The number of hydrogen-bond donors (Lipinski definition) is 1. The standard InChI is InChI=1S/C19H17ClN6O3/c20-16-12-10-14(28-13(12)4-9-22-16)19-25-18(26-29-19)15(17-23-5-1-6-24-17)27-11-2-7-21-8-3-11/h1,4-6,9-11,15,21H,2-3,7-8H2. The lowest BCUT2D eigenvalue weighted by atomic mass is 10.1. The van der Waals surface area contributed by atoms with Crippen LogP contribution in [0, 0.1) is 0 Å². The first-order valence-corrected chi connectivity index (χ1v) is 9.67. The highest BCUT2D eigenvalue weighted by molar-refractivity contribution is 6.34. The molecule has 0 radical (unpaired) electrons. The molecule has 0 aliphatic carbocycles. The second kappa shape index (κ2) is 7.86. The lowest BCUT2D eigenvalue weighted by molar-refractivity contribution is -0.0167. The summed E-state index contributed by atoms with van der Waals surface area (Å²) in [5.74, 6) is 1.45. The highest BCUT2D eigenvalue weighted by atomic mass is 35.5. The molecule has 10 heteroatoms. The van der Waals surface area contributed by atoms with Crippen LogP contribution in [0.5, 0.6) is 0 Å². The van der Waals surface area contributed by atoms with Crippen LogP contribution in [0.2, 0.25) is 5.15 Å². The van der Waals surface area contributed by atoms with Crippen molar-refractivity contribution in [2.45, 2.75) is 25.0 Å². The smallest absolute Gasteiger partial charge is 0.293 e. The van der Waals surface area contributed by atoms with Gasteiger partial charge in [0.2, 0.25) is 5.82 Å². The first-order chi connectivity index (χ1) is 14.3. The van der Waals surface area contributed by atoms with Crippen LogP contribution in [0.4, 0.5) is 0 Å². The Kier molecular flexibility index (Phi) is 4.92. The molecule has 4 aromatic heterocycles. The van der Waals surface area contributed by atoms with Crippen molar-refractivity contribution in [2.24, 2.45) is 0 Å². The fourth-order valence-electron chi connectivity index (χ4n) is 3.28. The van der Waals surface area contributed by atoms with Crippen molar-refractivity contribution in [1.29, 1.82) is 0 Å². The van der Waals surface area contributed by atoms with E-state index in [2.05, 4.69) is 30.4 Å². The SMILES string of the molecule is Clc1nccc2oc(-c3nc(C(OC4CCNCC4)c4ncccn4)no3)cc12. The molecule has 1 saturated heterocycles. The summed E-state index contributed by atoms with van der Waals surface area (Å²) in [6, 6.07) is 5.20. The van der Waals surface area contributed by atoms with Crippen LogP contribution in [0.15, 0.2) is 45.7 Å². The second-order valence-corrected chi connectivity index (χ2v) is 7.01. The minimum Gasteiger partial charge on any atom is -0.451 e. The van der Waals surface area contributed by atoms with E-state index in [1.165, 1.54) is 0 Å². The predicted molar refractivity (Wildman–Crippen MR) is 103 cm³/mol. The number of furan rings is 1. The molecule has 1 fully saturated rings. The molecule has 9 nitrogen and oxygen atoms in total. The maximum absolute atomic E-state index is 6.28. The fraction of sp³-hybridized carbons (Fsp3) is 0.316. The number of nitrogens with zero attached hydrogens (tertiary/aromatic N) is 5. The first-order valence-electron chi connectivity index (χ1n) is 9.29. The van der Waals surface area contributed by atoms with Crippen molar-refractivity contribution in [3.05, 3.63) is 53.6 Å². The lowest BCUT2D eigenvalue weighted by Crippen LogP contribution is -2.33. The summed E-state index contributed by atoms with van der Waals surface area (Å²) in [5.41, 5.74) is 0.591. The van der Waals surface area contributed by atoms with Gasteiger partial charge in [-0.3, -0.25) is 0 Å². The van der Waals surface area contributed by atoms with Crippen LogP contribution in [-0.4, -0.2) is 44.3 Å². The number of nitrogens with one attached hydrogen (secondary N) is 1. The Morgan fingerprint density at radius 1 is 1.10 bits per heavy atom. The van der Waals surface area contributed by atoms with Crippen LogP contribution in [-0.2, 0) is 4.74 Å². The molecule has 0 aromatic carbocycles. The average molecular weight is 413 g/mol. The summed E-state index contributed by atoms with van der Waals surface area (Å²) in [6.45, 7) is 1.80. The van der Waals surface area contributed by atoms with Gasteiger partial charge >= 0.3 is 0 Å². The summed E-state index contributed by atoms with van der Waals surface area (Å²) in [6.07, 6.45) is 6.11. The van der Waals surface area contributed by atoms with Crippen molar-refractivity contribution >= 4 is 22.6 Å². The summed E-state index contributed by atoms with van der Waals surface area (Å²) in [7, 11) is 0. The number of ether oxygens (including phenoxy) is 1. The van der Waals surface area contributed by atoms with Gasteiger partial charge in [-0.2, -0.15) is 4.98 Å². The quantitative estimate of drug-likeness (QED) is 0.493. The molecule has 1 N–H and O–H groups in total. The topological polar surface area (TPSA) is 112 Å². The molecule has 148 valence electrons. The van der Waals surface area contributed by atoms with E-state index in [0.717, 1.165) is 25.9 Å². The zero-order valence-corrected chi connectivity index (χ0v) is 16.0. The van der Waals surface area contributed by atoms with E-state index in [0.29, 0.717) is 33.5 Å². The number of rotatable bonds is 5. The van der Waals surface area contributed by atoms with Gasteiger partial charge in [0.1, 0.15) is 10.7 Å². The van der Waals surface area contributed by atoms with Gasteiger partial charge in [0, 0.05) is 24.7 Å². The third kappa shape index (κ3) is 3.71. The normalized spacial score (nSPS) is 16.3. The third-order valence-electron chi connectivity index (χ3n) is 4.72. The summed E-state index contributed by atoms with van der Waals surface area (Å²) < 4.78 is 17.5. The number of halogens is 1. The van der Waals surface area contributed by atoms with E-state index >= 15 is 0 Å². The number of aromatic nitrogens is 5. The molecule has 0 spiro atoms. The highest BCUT2D eigenvalue weighted by Crippen LogP contribution is 2.32. The van der Waals surface area contributed by atoms with Crippen LogP contribution < -0.4 is 5.32 Å². The first kappa shape index (κ1) is 18.2. The largest absolute Gasteiger partial charge is 0.451 e. The minimum atomic E-state index is -0.633. The van der Waals surface area contributed by atoms with Gasteiger partial charge in [0.05, 0.1) is 11.5 Å². The molecule has 29 heavy (non-hydrogen) atoms. The number of pyridine rings is 1. The van der Waals surface area contributed by atoms with Crippen molar-refractivity contribution < 1.29 is 13.7 Å². The van der Waals surface area contributed by atoms with Gasteiger partial charge in [-0.05, 0) is 38.1 Å². The molecular weight excluding hydrogens is 396 g/mol. The molecule has 0 amide bonds. The van der Waals surface area contributed by atoms with Crippen molar-refractivity contribution in [3.63, 3.8) is 0 Å². The van der Waals surface area contributed by atoms with Gasteiger partial charge < -0.3 is 19.0 Å². The number of hydrogen-bond acceptors (Lipinski definition) is 9. The Morgan fingerprint density at radius 3 is 2.72 bits per heavy atom. The fourth-order valence-corrected chi connectivity index (χ4v) is 3.49. The summed E-state index contributed by atoms with van der Waals surface area (Å²) in [5, 5.41) is 8.46. The van der Waals surface area contributed by atoms with Gasteiger partial charge in [0.15, 0.2) is 17.7 Å². The molecule has 4 aromatic rings. The minimum absolute atomic E-state index is 0.0584. The zero-order valence-electron chi connectivity index (χ0n) is 15.3. The highest BCUT2D eigenvalue weighted by Gasteiger charge is 2.29. The Bertz CT molecular complexity index is 1110. The van der Waals surface area contributed by atoms with E-state index in [9.17, 15) is 0 Å². The number of fused-ring (bicyclic) bond motifs is 1. The molecule has 1 aliphatic rings. The molecule has 1 aliphatic heterocycles. The zero-order chi connectivity index (χ0) is 19.6. The van der Waals surface area contributed by atoms with Crippen molar-refractivity contribution in [3.8, 4) is 11.7 Å². The van der Waals surface area contributed by atoms with E-state index in [1.807, 2.05) is 0 Å². The Balaban J connectivity index is 1.48. The van der Waals surface area contributed by atoms with Crippen molar-refractivity contribution in [2.75, 3.05) is 13.1 Å². The lowest BCUT2D eigenvalue weighted by Gasteiger charge is -2.26. The van der Waals surface area contributed by atoms with E-state index in [4.69, 9.17) is 25.3 Å². The van der Waals surface area contributed by atoms with Crippen LogP contribution in [0.1, 0.15) is 30.6 Å². The molecule has 5 rings (SSSR count). The van der Waals surface area contributed by atoms with E-state index < -0.39 is 6.10 Å². The Hall–Kier alpha value is -2.88. The molecular formula is C19H17ClN6O3. The van der Waals surface area contributed by atoms with Crippen LogP contribution in [0.3, 0.4) is 0 Å². The summed E-state index contributed by atoms with van der Waals surface area (Å²) in [4.78, 5) is 17.2. The second-order valence-electron chi connectivity index (χ2n) is 6.65. The predicted octanol–water partition coefficient (Wildman–Crippen LogP) is 3.18. The third-order valence-corrected chi connectivity index (χ3v) is 5.02. The Labute approximate surface area is 170 Å². The van der Waals surface area contributed by atoms with E-state index in [-0.39, 0.29) is 12.0 Å². The van der Waals surface area contributed by atoms with Gasteiger partial charge in [-0.25, -0.2) is 15.0 Å². The maximum atomic E-state index is 6.28. The molecule has 5 heterocycles. The molecule has 0 bridgehead atoms. The van der Waals surface area contributed by atoms with Gasteiger partial charge in [-0.1, -0.05) is 16.8 Å². The Morgan fingerprint density at radius 2 is 1.93 bits per heavy atom. The van der Waals surface area contributed by atoms with E-state index in [1.54, 1.807) is 36.8 Å². The van der Waals surface area contributed by atoms with Gasteiger partial charge in [0.25, 0.3) is 5.89 Å². The van der Waals surface area contributed by atoms with Crippen LogP contribution >= 0.6 is 11.6 Å². The molecule has 1 unspecified atom stereocenters. The molecule has 0 saturated carbocycles. The number of piperidine rings is 1. The maximum Gasteiger partial charge on any atom is 0.293 e. The molecule has 1 atom stereocenters. The average Bonchev–Trinajstić information content (AvgIpc) is 3.41. The summed E-state index contributed by atoms with van der Waals surface area (Å²) >= 11 is 6.12. The van der Waals surface area contributed by atoms with Crippen molar-refractivity contribution in [1.82, 2.24) is 30.4 Å². The van der Waals surface area contributed by atoms with Crippen LogP contribution in [0.25, 0.3) is 22.6 Å². The van der Waals surface area contributed by atoms with Gasteiger partial charge in [-0.15, -0.1) is 0 Å². The monoisotopic (exact) mass is 412 g/mol.